The third-order valence-corrected chi connectivity index (χ3v) is 2.49. The van der Waals surface area contributed by atoms with E-state index in [0.29, 0.717) is 6.42 Å². The molecule has 5 heteroatoms. The molecule has 1 atom stereocenters. The van der Waals surface area contributed by atoms with Gasteiger partial charge in [0.2, 0.25) is 0 Å². The number of nitrogens with two attached hydrogens (primary N) is 1. The van der Waals surface area contributed by atoms with Gasteiger partial charge in [-0.05, 0) is 12.2 Å². The van der Waals surface area contributed by atoms with E-state index in [1.165, 1.54) is 7.11 Å². The quantitative estimate of drug-likeness (QED) is 0.479. The number of hydrogen-bond acceptors (Lipinski definition) is 5. The molecule has 0 aliphatic rings. The summed E-state index contributed by atoms with van der Waals surface area (Å²) in [6, 6.07) is -0.486. The van der Waals surface area contributed by atoms with E-state index in [9.17, 15) is 4.79 Å². The standard InChI is InChI=1S/C8H17NO3S/c1-11-4-6-13-5-3-7(9)8(10)12-2/h7H,3-6,9H2,1-2H3. The minimum Gasteiger partial charge on any atom is -0.468 e. The lowest BCUT2D eigenvalue weighted by Gasteiger charge is -2.07. The number of esters is 1. The van der Waals surface area contributed by atoms with Crippen molar-refractivity contribution in [1.82, 2.24) is 0 Å². The van der Waals surface area contributed by atoms with Crippen molar-refractivity contribution in [3.8, 4) is 0 Å². The van der Waals surface area contributed by atoms with Crippen molar-refractivity contribution >= 4 is 17.7 Å². The molecular formula is C8H17NO3S. The molecule has 13 heavy (non-hydrogen) atoms. The monoisotopic (exact) mass is 207 g/mol. The average Bonchev–Trinajstić information content (AvgIpc) is 2.16. The second kappa shape index (κ2) is 8.34. The topological polar surface area (TPSA) is 61.5 Å². The third kappa shape index (κ3) is 6.86. The first-order valence-electron chi connectivity index (χ1n) is 4.12. The SMILES string of the molecule is COCCSCCC(N)C(=O)OC. The van der Waals surface area contributed by atoms with Gasteiger partial charge in [0.05, 0.1) is 13.7 Å². The number of thioether (sulfide) groups is 1. The maximum absolute atomic E-state index is 10.9. The summed E-state index contributed by atoms with van der Waals surface area (Å²) in [5.41, 5.74) is 5.52. The van der Waals surface area contributed by atoms with E-state index in [4.69, 9.17) is 10.5 Å². The Morgan fingerprint density at radius 2 is 2.15 bits per heavy atom. The van der Waals surface area contributed by atoms with Crippen molar-refractivity contribution in [2.45, 2.75) is 12.5 Å². The summed E-state index contributed by atoms with van der Waals surface area (Å²) in [6.45, 7) is 0.734. The summed E-state index contributed by atoms with van der Waals surface area (Å²) in [5, 5.41) is 0. The number of carbonyl (C=O) groups excluding carboxylic acids is 1. The molecule has 0 amide bonds. The first-order valence-corrected chi connectivity index (χ1v) is 5.28. The maximum atomic E-state index is 10.9. The van der Waals surface area contributed by atoms with E-state index in [2.05, 4.69) is 4.74 Å². The van der Waals surface area contributed by atoms with Crippen molar-refractivity contribution in [3.63, 3.8) is 0 Å². The van der Waals surface area contributed by atoms with Crippen LogP contribution >= 0.6 is 11.8 Å². The Morgan fingerprint density at radius 3 is 2.69 bits per heavy atom. The zero-order valence-electron chi connectivity index (χ0n) is 8.12. The highest BCUT2D eigenvalue weighted by atomic mass is 32.2. The van der Waals surface area contributed by atoms with Crippen LogP contribution in [0.15, 0.2) is 0 Å². The molecule has 0 rings (SSSR count). The highest BCUT2D eigenvalue weighted by molar-refractivity contribution is 7.99. The summed E-state index contributed by atoms with van der Waals surface area (Å²) >= 11 is 1.72. The maximum Gasteiger partial charge on any atom is 0.322 e. The summed E-state index contributed by atoms with van der Waals surface area (Å²) in [6.07, 6.45) is 0.654. The fourth-order valence-corrected chi connectivity index (χ4v) is 1.63. The van der Waals surface area contributed by atoms with E-state index in [1.54, 1.807) is 18.9 Å². The fraction of sp³-hybridized carbons (Fsp3) is 0.875. The zero-order chi connectivity index (χ0) is 10.1. The Balaban J connectivity index is 3.26. The molecule has 0 aliphatic carbocycles. The lowest BCUT2D eigenvalue weighted by atomic mass is 10.2. The lowest BCUT2D eigenvalue weighted by Crippen LogP contribution is -2.32. The Kier molecular flexibility index (Phi) is 8.18. The number of methoxy groups -OCH3 is 2. The van der Waals surface area contributed by atoms with Crippen molar-refractivity contribution < 1.29 is 14.3 Å². The predicted octanol–water partition coefficient (Wildman–Crippen LogP) is 0.256. The Hall–Kier alpha value is -0.260. The zero-order valence-corrected chi connectivity index (χ0v) is 8.93. The molecule has 0 aromatic heterocycles. The third-order valence-electron chi connectivity index (χ3n) is 1.51. The molecule has 0 radical (unpaired) electrons. The Labute approximate surface area is 83.1 Å². The molecule has 0 saturated heterocycles. The second-order valence-corrected chi connectivity index (χ2v) is 3.75. The molecular weight excluding hydrogens is 190 g/mol. The second-order valence-electron chi connectivity index (χ2n) is 2.52. The van der Waals surface area contributed by atoms with Gasteiger partial charge in [-0.15, -0.1) is 0 Å². The van der Waals surface area contributed by atoms with Crippen LogP contribution in [0.25, 0.3) is 0 Å². The average molecular weight is 207 g/mol. The molecule has 0 bridgehead atoms. The van der Waals surface area contributed by atoms with Gasteiger partial charge in [-0.1, -0.05) is 0 Å². The van der Waals surface area contributed by atoms with E-state index in [1.807, 2.05) is 0 Å². The Bertz CT molecular complexity index is 143. The largest absolute Gasteiger partial charge is 0.468 e. The van der Waals surface area contributed by atoms with E-state index >= 15 is 0 Å². The molecule has 0 aliphatic heterocycles. The molecule has 0 saturated carbocycles. The molecule has 0 aromatic rings. The first kappa shape index (κ1) is 12.7. The van der Waals surface area contributed by atoms with E-state index in [-0.39, 0.29) is 5.97 Å². The minimum absolute atomic E-state index is 0.340. The minimum atomic E-state index is -0.486. The van der Waals surface area contributed by atoms with Gasteiger partial charge in [0.25, 0.3) is 0 Å². The van der Waals surface area contributed by atoms with E-state index in [0.717, 1.165) is 18.1 Å². The van der Waals surface area contributed by atoms with Crippen LogP contribution in [0.3, 0.4) is 0 Å². The van der Waals surface area contributed by atoms with Gasteiger partial charge in [-0.2, -0.15) is 11.8 Å². The molecule has 0 aromatic carbocycles. The molecule has 0 heterocycles. The van der Waals surface area contributed by atoms with Crippen LogP contribution in [-0.4, -0.2) is 44.3 Å². The van der Waals surface area contributed by atoms with Crippen LogP contribution < -0.4 is 5.73 Å². The summed E-state index contributed by atoms with van der Waals surface area (Å²) < 4.78 is 9.37. The van der Waals surface area contributed by atoms with Gasteiger partial charge in [0, 0.05) is 12.9 Å². The van der Waals surface area contributed by atoms with Gasteiger partial charge >= 0.3 is 5.97 Å². The predicted molar refractivity (Wildman–Crippen MR) is 53.8 cm³/mol. The van der Waals surface area contributed by atoms with Gasteiger partial charge in [-0.25, -0.2) is 0 Å². The van der Waals surface area contributed by atoms with Crippen LogP contribution in [0, 0.1) is 0 Å². The van der Waals surface area contributed by atoms with Gasteiger partial charge in [0.15, 0.2) is 0 Å². The molecule has 4 nitrogen and oxygen atoms in total. The van der Waals surface area contributed by atoms with Crippen LogP contribution in [-0.2, 0) is 14.3 Å². The van der Waals surface area contributed by atoms with Crippen molar-refractivity contribution in [3.05, 3.63) is 0 Å². The number of carbonyl (C=O) groups is 1. The molecule has 0 fully saturated rings. The van der Waals surface area contributed by atoms with Crippen molar-refractivity contribution in [1.29, 1.82) is 0 Å². The lowest BCUT2D eigenvalue weighted by molar-refractivity contribution is -0.142. The number of ether oxygens (including phenoxy) is 2. The van der Waals surface area contributed by atoms with Crippen LogP contribution in [0.2, 0.25) is 0 Å². The normalized spacial score (nSPS) is 12.5. The molecule has 2 N–H and O–H groups in total. The van der Waals surface area contributed by atoms with Gasteiger partial charge in [0.1, 0.15) is 6.04 Å². The summed E-state index contributed by atoms with van der Waals surface area (Å²) in [4.78, 5) is 10.9. The van der Waals surface area contributed by atoms with E-state index < -0.39 is 6.04 Å². The molecule has 1 unspecified atom stereocenters. The highest BCUT2D eigenvalue weighted by Gasteiger charge is 2.12. The number of hydrogen-bond donors (Lipinski definition) is 1. The van der Waals surface area contributed by atoms with Crippen molar-refractivity contribution in [2.24, 2.45) is 5.73 Å². The summed E-state index contributed by atoms with van der Waals surface area (Å²) in [7, 11) is 3.01. The fourth-order valence-electron chi connectivity index (χ4n) is 0.724. The molecule has 78 valence electrons. The highest BCUT2D eigenvalue weighted by Crippen LogP contribution is 2.04. The first-order chi connectivity index (χ1) is 6.22. The van der Waals surface area contributed by atoms with Crippen molar-refractivity contribution in [2.75, 3.05) is 32.3 Å². The van der Waals surface area contributed by atoms with Crippen LogP contribution in [0.5, 0.6) is 0 Å². The van der Waals surface area contributed by atoms with Gasteiger partial charge < -0.3 is 15.2 Å². The summed E-state index contributed by atoms with van der Waals surface area (Å²) in [5.74, 6) is 1.46. The number of rotatable bonds is 7. The van der Waals surface area contributed by atoms with Crippen LogP contribution in [0.1, 0.15) is 6.42 Å². The van der Waals surface area contributed by atoms with Gasteiger partial charge in [-0.3, -0.25) is 4.79 Å². The molecule has 0 spiro atoms. The Morgan fingerprint density at radius 1 is 1.46 bits per heavy atom. The smallest absolute Gasteiger partial charge is 0.322 e. The van der Waals surface area contributed by atoms with Crippen LogP contribution in [0.4, 0.5) is 0 Å².